The van der Waals surface area contributed by atoms with Gasteiger partial charge >= 0.3 is 0 Å². The molecule has 0 heterocycles. The van der Waals surface area contributed by atoms with Crippen LogP contribution in [0.1, 0.15) is 44.4 Å². The van der Waals surface area contributed by atoms with Gasteiger partial charge in [0.1, 0.15) is 5.82 Å². The van der Waals surface area contributed by atoms with Crippen molar-refractivity contribution in [2.45, 2.75) is 40.2 Å². The van der Waals surface area contributed by atoms with Crippen molar-refractivity contribution < 1.29 is 4.39 Å². The van der Waals surface area contributed by atoms with Crippen LogP contribution in [0.4, 0.5) is 4.39 Å². The minimum absolute atomic E-state index is 0.147. The molecule has 1 unspecified atom stereocenters. The quantitative estimate of drug-likeness (QED) is 0.774. The minimum atomic E-state index is -0.147. The van der Waals surface area contributed by atoms with Gasteiger partial charge in [-0.2, -0.15) is 0 Å². The first kappa shape index (κ1) is 16.1. The highest BCUT2D eigenvalue weighted by atomic mass is 19.1. The van der Waals surface area contributed by atoms with Crippen LogP contribution in [0, 0.1) is 12.7 Å². The molecular weight excluding hydrogens is 239 g/mol. The number of benzene rings is 1. The van der Waals surface area contributed by atoms with Gasteiger partial charge in [0.15, 0.2) is 0 Å². The predicted molar refractivity (Wildman–Crippen MR) is 80.0 cm³/mol. The second kappa shape index (κ2) is 8.28. The van der Waals surface area contributed by atoms with Gasteiger partial charge in [-0.25, -0.2) is 4.39 Å². The Morgan fingerprint density at radius 2 is 1.89 bits per heavy atom. The van der Waals surface area contributed by atoms with Crippen LogP contribution in [0.25, 0.3) is 0 Å². The maximum Gasteiger partial charge on any atom is 0.123 e. The number of rotatable bonds is 8. The van der Waals surface area contributed by atoms with E-state index in [9.17, 15) is 4.39 Å². The van der Waals surface area contributed by atoms with Crippen LogP contribution in [-0.2, 0) is 0 Å². The number of halogens is 1. The Morgan fingerprint density at radius 3 is 2.47 bits per heavy atom. The van der Waals surface area contributed by atoms with Gasteiger partial charge in [-0.05, 0) is 62.8 Å². The third-order valence-corrected chi connectivity index (χ3v) is 3.70. The zero-order valence-electron chi connectivity index (χ0n) is 12.7. The van der Waals surface area contributed by atoms with Gasteiger partial charge < -0.3 is 10.2 Å². The molecule has 1 aromatic carbocycles. The van der Waals surface area contributed by atoms with Crippen LogP contribution in [0.3, 0.4) is 0 Å². The standard InChI is InChI=1S/C16H27FN2/c1-5-18-16(10-11-19(6-2)7-3)15-12-14(17)9-8-13(15)4/h8-9,12,16,18H,5-7,10-11H2,1-4H3. The Kier molecular flexibility index (Phi) is 7.03. The molecule has 108 valence electrons. The lowest BCUT2D eigenvalue weighted by Crippen LogP contribution is -2.29. The third kappa shape index (κ3) is 4.92. The summed E-state index contributed by atoms with van der Waals surface area (Å²) in [7, 11) is 0. The van der Waals surface area contributed by atoms with E-state index in [1.165, 1.54) is 6.07 Å². The number of nitrogens with one attached hydrogen (secondary N) is 1. The fraction of sp³-hybridized carbons (Fsp3) is 0.625. The molecule has 0 bridgehead atoms. The van der Waals surface area contributed by atoms with Gasteiger partial charge in [0.25, 0.3) is 0 Å². The molecule has 19 heavy (non-hydrogen) atoms. The molecule has 0 aliphatic rings. The molecule has 0 amide bonds. The van der Waals surface area contributed by atoms with Crippen molar-refractivity contribution in [3.05, 3.63) is 35.1 Å². The second-order valence-corrected chi connectivity index (χ2v) is 4.93. The maximum absolute atomic E-state index is 13.4. The molecule has 1 atom stereocenters. The normalized spacial score (nSPS) is 12.9. The van der Waals surface area contributed by atoms with Crippen LogP contribution >= 0.6 is 0 Å². The average Bonchev–Trinajstić information content (AvgIpc) is 2.41. The number of aryl methyl sites for hydroxylation is 1. The summed E-state index contributed by atoms with van der Waals surface area (Å²) >= 11 is 0. The van der Waals surface area contributed by atoms with Crippen LogP contribution in [0.2, 0.25) is 0 Å². The summed E-state index contributed by atoms with van der Waals surface area (Å²) in [5.41, 5.74) is 2.25. The summed E-state index contributed by atoms with van der Waals surface area (Å²) in [6, 6.07) is 5.31. The van der Waals surface area contributed by atoms with Gasteiger partial charge in [0.2, 0.25) is 0 Å². The Bertz CT molecular complexity index is 375. The van der Waals surface area contributed by atoms with E-state index < -0.39 is 0 Å². The lowest BCUT2D eigenvalue weighted by Gasteiger charge is -2.24. The van der Waals surface area contributed by atoms with Crippen molar-refractivity contribution in [1.29, 1.82) is 0 Å². The van der Waals surface area contributed by atoms with E-state index in [-0.39, 0.29) is 11.9 Å². The summed E-state index contributed by atoms with van der Waals surface area (Å²) in [5, 5.41) is 3.48. The molecule has 0 spiro atoms. The highest BCUT2D eigenvalue weighted by Gasteiger charge is 2.14. The third-order valence-electron chi connectivity index (χ3n) is 3.70. The first-order valence-corrected chi connectivity index (χ1v) is 7.34. The summed E-state index contributed by atoms with van der Waals surface area (Å²) in [6.45, 7) is 12.6. The Hall–Kier alpha value is -0.930. The monoisotopic (exact) mass is 266 g/mol. The summed E-state index contributed by atoms with van der Waals surface area (Å²) in [5.74, 6) is -0.147. The topological polar surface area (TPSA) is 15.3 Å². The van der Waals surface area contributed by atoms with Crippen molar-refractivity contribution >= 4 is 0 Å². The molecule has 1 N–H and O–H groups in total. The summed E-state index contributed by atoms with van der Waals surface area (Å²) in [6.07, 6.45) is 1.01. The lowest BCUT2D eigenvalue weighted by atomic mass is 9.98. The molecule has 0 saturated heterocycles. The molecule has 1 aromatic rings. The fourth-order valence-electron chi connectivity index (χ4n) is 2.45. The van der Waals surface area contributed by atoms with Crippen LogP contribution in [0.5, 0.6) is 0 Å². The summed E-state index contributed by atoms with van der Waals surface area (Å²) in [4.78, 5) is 2.40. The Morgan fingerprint density at radius 1 is 1.21 bits per heavy atom. The summed E-state index contributed by atoms with van der Waals surface area (Å²) < 4.78 is 13.4. The van der Waals surface area contributed by atoms with Crippen molar-refractivity contribution in [3.8, 4) is 0 Å². The van der Waals surface area contributed by atoms with E-state index in [2.05, 4.69) is 37.9 Å². The van der Waals surface area contributed by atoms with Gasteiger partial charge in [0, 0.05) is 6.04 Å². The first-order valence-electron chi connectivity index (χ1n) is 7.34. The van der Waals surface area contributed by atoms with E-state index >= 15 is 0 Å². The molecule has 2 nitrogen and oxygen atoms in total. The molecule has 0 aromatic heterocycles. The smallest absolute Gasteiger partial charge is 0.123 e. The van der Waals surface area contributed by atoms with E-state index in [1.54, 1.807) is 6.07 Å². The molecule has 1 rings (SSSR count). The molecule has 3 heteroatoms. The van der Waals surface area contributed by atoms with E-state index in [4.69, 9.17) is 0 Å². The number of hydrogen-bond acceptors (Lipinski definition) is 2. The fourth-order valence-corrected chi connectivity index (χ4v) is 2.45. The Balaban J connectivity index is 2.78. The van der Waals surface area contributed by atoms with E-state index in [0.717, 1.165) is 43.7 Å². The van der Waals surface area contributed by atoms with Gasteiger partial charge in [0.05, 0.1) is 0 Å². The highest BCUT2D eigenvalue weighted by molar-refractivity contribution is 5.29. The zero-order chi connectivity index (χ0) is 14.3. The highest BCUT2D eigenvalue weighted by Crippen LogP contribution is 2.22. The molecule has 0 radical (unpaired) electrons. The van der Waals surface area contributed by atoms with E-state index in [1.807, 2.05) is 6.07 Å². The van der Waals surface area contributed by atoms with Crippen molar-refractivity contribution in [2.24, 2.45) is 0 Å². The lowest BCUT2D eigenvalue weighted by molar-refractivity contribution is 0.282. The second-order valence-electron chi connectivity index (χ2n) is 4.93. The van der Waals surface area contributed by atoms with E-state index in [0.29, 0.717) is 0 Å². The molecule has 0 saturated carbocycles. The van der Waals surface area contributed by atoms with Gasteiger partial charge in [-0.1, -0.05) is 26.8 Å². The van der Waals surface area contributed by atoms with Gasteiger partial charge in [-0.3, -0.25) is 0 Å². The largest absolute Gasteiger partial charge is 0.310 e. The van der Waals surface area contributed by atoms with Crippen LogP contribution < -0.4 is 5.32 Å². The molecule has 0 aliphatic carbocycles. The number of nitrogens with zero attached hydrogens (tertiary/aromatic N) is 1. The van der Waals surface area contributed by atoms with Crippen LogP contribution in [-0.4, -0.2) is 31.1 Å². The molecule has 0 aliphatic heterocycles. The molecule has 0 fully saturated rings. The Labute approximate surface area is 117 Å². The SMILES string of the molecule is CCNC(CCN(CC)CC)c1cc(F)ccc1C. The number of hydrogen-bond donors (Lipinski definition) is 1. The van der Waals surface area contributed by atoms with Crippen LogP contribution in [0.15, 0.2) is 18.2 Å². The van der Waals surface area contributed by atoms with Crippen molar-refractivity contribution in [2.75, 3.05) is 26.2 Å². The maximum atomic E-state index is 13.4. The predicted octanol–water partition coefficient (Wildman–Crippen LogP) is 3.52. The van der Waals surface area contributed by atoms with Crippen molar-refractivity contribution in [1.82, 2.24) is 10.2 Å². The minimum Gasteiger partial charge on any atom is -0.310 e. The zero-order valence-corrected chi connectivity index (χ0v) is 12.7. The average molecular weight is 266 g/mol. The van der Waals surface area contributed by atoms with Crippen molar-refractivity contribution in [3.63, 3.8) is 0 Å². The van der Waals surface area contributed by atoms with Gasteiger partial charge in [-0.15, -0.1) is 0 Å². The first-order chi connectivity index (χ1) is 9.12. The molecular formula is C16H27FN2.